The summed E-state index contributed by atoms with van der Waals surface area (Å²) in [7, 11) is 0. The average molecular weight is 289 g/mol. The molecule has 0 unspecified atom stereocenters. The molecule has 1 aromatic carbocycles. The van der Waals surface area contributed by atoms with Crippen molar-refractivity contribution in [2.45, 2.75) is 58.4 Å². The van der Waals surface area contributed by atoms with Crippen LogP contribution in [0, 0.1) is 0 Å². The van der Waals surface area contributed by atoms with E-state index in [-0.39, 0.29) is 11.9 Å². The fourth-order valence-electron chi connectivity index (χ4n) is 3.05. The maximum absolute atomic E-state index is 12.4. The monoisotopic (exact) mass is 289 g/mol. The Balaban J connectivity index is 1.90. The topological polar surface area (TPSA) is 33.5 Å². The normalized spacial score (nSPS) is 18.6. The van der Waals surface area contributed by atoms with Crippen LogP contribution in [0.25, 0.3) is 0 Å². The second-order valence-corrected chi connectivity index (χ2v) is 6.19. The van der Waals surface area contributed by atoms with Crippen LogP contribution in [0.3, 0.4) is 0 Å². The molecular formula is C18H29N2O+. The lowest BCUT2D eigenvalue weighted by molar-refractivity contribution is -0.914. The zero-order valence-corrected chi connectivity index (χ0v) is 13.5. The quantitative estimate of drug-likeness (QED) is 0.877. The van der Waals surface area contributed by atoms with Crippen LogP contribution < -0.4 is 10.2 Å². The van der Waals surface area contributed by atoms with Crippen LogP contribution in [-0.4, -0.2) is 25.0 Å². The Morgan fingerprint density at radius 3 is 2.24 bits per heavy atom. The van der Waals surface area contributed by atoms with Gasteiger partial charge in [0.25, 0.3) is 5.91 Å². The average Bonchev–Trinajstić information content (AvgIpc) is 2.47. The van der Waals surface area contributed by atoms with Crippen molar-refractivity contribution < 1.29 is 9.69 Å². The lowest BCUT2D eigenvalue weighted by Gasteiger charge is -2.27. The van der Waals surface area contributed by atoms with E-state index in [9.17, 15) is 4.79 Å². The predicted molar refractivity (Wildman–Crippen MR) is 87.7 cm³/mol. The van der Waals surface area contributed by atoms with Crippen LogP contribution in [0.2, 0.25) is 0 Å². The highest BCUT2D eigenvalue weighted by Crippen LogP contribution is 2.10. The number of benzene rings is 1. The van der Waals surface area contributed by atoms with E-state index in [1.165, 1.54) is 42.6 Å². The summed E-state index contributed by atoms with van der Waals surface area (Å²) in [6.45, 7) is 6.46. The van der Waals surface area contributed by atoms with Gasteiger partial charge in [0.1, 0.15) is 0 Å². The van der Waals surface area contributed by atoms with E-state index in [1.807, 2.05) is 12.1 Å². The first-order valence-corrected chi connectivity index (χ1v) is 8.45. The molecule has 0 aliphatic carbocycles. The van der Waals surface area contributed by atoms with Gasteiger partial charge in [-0.2, -0.15) is 0 Å². The first kappa shape index (κ1) is 16.0. The van der Waals surface area contributed by atoms with Crippen LogP contribution in [0.5, 0.6) is 0 Å². The van der Waals surface area contributed by atoms with Crippen molar-refractivity contribution in [3.63, 3.8) is 0 Å². The molecule has 21 heavy (non-hydrogen) atoms. The second-order valence-electron chi connectivity index (χ2n) is 6.19. The summed E-state index contributed by atoms with van der Waals surface area (Å²) in [5.41, 5.74) is 2.21. The van der Waals surface area contributed by atoms with E-state index in [0.29, 0.717) is 0 Å². The molecule has 3 heteroatoms. The van der Waals surface area contributed by atoms with Gasteiger partial charge in [-0.05, 0) is 56.7 Å². The van der Waals surface area contributed by atoms with Crippen molar-refractivity contribution in [2.24, 2.45) is 0 Å². The predicted octanol–water partition coefficient (Wildman–Crippen LogP) is 2.42. The number of nitrogens with one attached hydrogen (secondary N) is 2. The first-order valence-electron chi connectivity index (χ1n) is 8.45. The molecule has 116 valence electrons. The highest BCUT2D eigenvalue weighted by Gasteiger charge is 2.25. The van der Waals surface area contributed by atoms with E-state index in [4.69, 9.17) is 0 Å². The Kier molecular flexibility index (Phi) is 6.24. The highest BCUT2D eigenvalue weighted by molar-refractivity contribution is 5.93. The van der Waals surface area contributed by atoms with Crippen molar-refractivity contribution in [3.8, 4) is 0 Å². The maximum atomic E-state index is 12.4. The third-order valence-corrected chi connectivity index (χ3v) is 4.63. The summed E-state index contributed by atoms with van der Waals surface area (Å²) in [5, 5.41) is 3.07. The highest BCUT2D eigenvalue weighted by atomic mass is 16.2. The van der Waals surface area contributed by atoms with Crippen LogP contribution in [-0.2, 0) is 11.2 Å². The molecule has 1 amide bonds. The molecule has 1 fully saturated rings. The number of carbonyl (C=O) groups is 1. The van der Waals surface area contributed by atoms with E-state index in [2.05, 4.69) is 31.3 Å². The Hall–Kier alpha value is -1.35. The summed E-state index contributed by atoms with van der Waals surface area (Å²) in [5.74, 6) is 0.148. The minimum absolute atomic E-state index is 0.0361. The molecule has 0 bridgehead atoms. The van der Waals surface area contributed by atoms with Crippen molar-refractivity contribution in [1.29, 1.82) is 0 Å². The summed E-state index contributed by atoms with van der Waals surface area (Å²) in [6.07, 6.45) is 7.52. The van der Waals surface area contributed by atoms with Gasteiger partial charge in [0, 0.05) is 5.69 Å². The van der Waals surface area contributed by atoms with Crippen molar-refractivity contribution in [2.75, 3.05) is 18.4 Å². The summed E-state index contributed by atoms with van der Waals surface area (Å²) >= 11 is 0. The molecular weight excluding hydrogens is 260 g/mol. The minimum atomic E-state index is 0.0361. The number of amides is 1. The van der Waals surface area contributed by atoms with Crippen molar-refractivity contribution in [1.82, 2.24) is 0 Å². The number of rotatable bonds is 4. The molecule has 1 aliphatic heterocycles. The van der Waals surface area contributed by atoms with Gasteiger partial charge in [0.15, 0.2) is 6.04 Å². The van der Waals surface area contributed by atoms with Crippen molar-refractivity contribution in [3.05, 3.63) is 29.8 Å². The van der Waals surface area contributed by atoms with Gasteiger partial charge >= 0.3 is 0 Å². The number of quaternary nitrogens is 1. The van der Waals surface area contributed by atoms with Gasteiger partial charge in [-0.3, -0.25) is 4.79 Å². The standard InChI is InChI=1S/C18H28N2O/c1-3-16-9-11-17(12-10-16)19-18(21)15(2)20-13-7-5-4-6-8-14-20/h9-12,15H,3-8,13-14H2,1-2H3,(H,19,21)/p+1/t15-/m0/s1. The molecule has 2 rings (SSSR count). The fourth-order valence-corrected chi connectivity index (χ4v) is 3.05. The van der Waals surface area contributed by atoms with Crippen LogP contribution in [0.4, 0.5) is 5.69 Å². The van der Waals surface area contributed by atoms with Gasteiger partial charge in [-0.15, -0.1) is 0 Å². The van der Waals surface area contributed by atoms with Gasteiger partial charge in [0.05, 0.1) is 13.1 Å². The number of carbonyl (C=O) groups excluding carboxylic acids is 1. The van der Waals surface area contributed by atoms with Crippen molar-refractivity contribution >= 4 is 11.6 Å². The zero-order chi connectivity index (χ0) is 15.1. The Morgan fingerprint density at radius 2 is 1.67 bits per heavy atom. The molecule has 0 spiro atoms. The first-order chi connectivity index (χ1) is 10.2. The van der Waals surface area contributed by atoms with Crippen LogP contribution in [0.15, 0.2) is 24.3 Å². The third kappa shape index (κ3) is 4.85. The van der Waals surface area contributed by atoms with Gasteiger partial charge in [-0.1, -0.05) is 25.5 Å². The molecule has 0 saturated carbocycles. The Bertz CT molecular complexity index is 433. The zero-order valence-electron chi connectivity index (χ0n) is 13.5. The lowest BCUT2D eigenvalue weighted by Crippen LogP contribution is -3.16. The molecule has 2 N–H and O–H groups in total. The molecule has 3 nitrogen and oxygen atoms in total. The second kappa shape index (κ2) is 8.18. The largest absolute Gasteiger partial charge is 0.325 e. The van der Waals surface area contributed by atoms with E-state index in [1.54, 1.807) is 0 Å². The number of anilines is 1. The molecule has 1 atom stereocenters. The summed E-state index contributed by atoms with van der Waals surface area (Å²) in [4.78, 5) is 13.9. The van der Waals surface area contributed by atoms with Crippen LogP contribution in [0.1, 0.15) is 51.5 Å². The summed E-state index contributed by atoms with van der Waals surface area (Å²) < 4.78 is 0. The number of hydrogen-bond acceptors (Lipinski definition) is 1. The molecule has 0 radical (unpaired) electrons. The van der Waals surface area contributed by atoms with E-state index in [0.717, 1.165) is 25.2 Å². The van der Waals surface area contributed by atoms with E-state index < -0.39 is 0 Å². The lowest BCUT2D eigenvalue weighted by atomic mass is 10.1. The Morgan fingerprint density at radius 1 is 1.10 bits per heavy atom. The molecule has 1 saturated heterocycles. The molecule has 0 aromatic heterocycles. The maximum Gasteiger partial charge on any atom is 0.282 e. The Labute approximate surface area is 128 Å². The van der Waals surface area contributed by atoms with Gasteiger partial charge in [0.2, 0.25) is 0 Å². The number of likely N-dealkylation sites (tertiary alicyclic amines) is 1. The SMILES string of the molecule is CCc1ccc(NC(=O)[C@H](C)[NH+]2CCCCCCC2)cc1. The number of aryl methyl sites for hydroxylation is 1. The smallest absolute Gasteiger partial charge is 0.282 e. The van der Waals surface area contributed by atoms with Gasteiger partial charge < -0.3 is 10.2 Å². The third-order valence-electron chi connectivity index (χ3n) is 4.63. The van der Waals surface area contributed by atoms with E-state index >= 15 is 0 Å². The van der Waals surface area contributed by atoms with Gasteiger partial charge in [-0.25, -0.2) is 0 Å². The van der Waals surface area contributed by atoms with Crippen LogP contribution >= 0.6 is 0 Å². The molecule has 1 aromatic rings. The molecule has 1 heterocycles. The molecule has 1 aliphatic rings. The summed E-state index contributed by atoms with van der Waals surface area (Å²) in [6, 6.07) is 8.22. The minimum Gasteiger partial charge on any atom is -0.325 e. The number of hydrogen-bond donors (Lipinski definition) is 2. The fraction of sp³-hybridized carbons (Fsp3) is 0.611.